The van der Waals surface area contributed by atoms with Gasteiger partial charge in [-0.2, -0.15) is 0 Å². The first-order valence-corrected chi connectivity index (χ1v) is 5.92. The molecule has 1 heterocycles. The highest BCUT2D eigenvalue weighted by Gasteiger charge is 2.13. The minimum atomic E-state index is -0.309. The fraction of sp³-hybridized carbons (Fsp3) is 0.818. The molecule has 1 amide bonds. The first kappa shape index (κ1) is 13.0. The van der Waals surface area contributed by atoms with E-state index in [0.29, 0.717) is 6.61 Å². The smallest absolute Gasteiger partial charge is 0.306 e. The van der Waals surface area contributed by atoms with Crippen LogP contribution in [0.5, 0.6) is 0 Å². The van der Waals surface area contributed by atoms with Gasteiger partial charge in [0.05, 0.1) is 13.0 Å². The van der Waals surface area contributed by atoms with Crippen LogP contribution in [0.15, 0.2) is 0 Å². The Bertz CT molecular complexity index is 237. The number of amides is 1. The van der Waals surface area contributed by atoms with Gasteiger partial charge in [-0.15, -0.1) is 0 Å². The van der Waals surface area contributed by atoms with Gasteiger partial charge in [-0.3, -0.25) is 15.0 Å². The highest BCUT2D eigenvalue weighted by atomic mass is 16.5. The second-order valence-corrected chi connectivity index (χ2v) is 3.89. The minimum absolute atomic E-state index is 0.102. The number of hydrogen-bond acceptors (Lipinski definition) is 4. The molecule has 16 heavy (non-hydrogen) atoms. The standard InChI is InChI=1S/C11H20N2O3/c1-2-16-11(15)7-6-10(14)12-13-8-4-3-5-9-13/h2-9H2,1H3,(H,12,14). The van der Waals surface area contributed by atoms with Crippen LogP contribution in [0.4, 0.5) is 0 Å². The zero-order valence-electron chi connectivity index (χ0n) is 9.83. The molecule has 0 spiro atoms. The van der Waals surface area contributed by atoms with E-state index in [1.807, 2.05) is 5.01 Å². The highest BCUT2D eigenvalue weighted by Crippen LogP contribution is 2.06. The topological polar surface area (TPSA) is 58.6 Å². The van der Waals surface area contributed by atoms with Gasteiger partial charge in [0.2, 0.25) is 5.91 Å². The number of nitrogens with zero attached hydrogens (tertiary/aromatic N) is 1. The number of ether oxygens (including phenoxy) is 1. The van der Waals surface area contributed by atoms with Crippen LogP contribution >= 0.6 is 0 Å². The molecular formula is C11H20N2O3. The number of carbonyl (C=O) groups excluding carboxylic acids is 2. The van der Waals surface area contributed by atoms with E-state index in [2.05, 4.69) is 5.43 Å². The Morgan fingerprint density at radius 2 is 1.88 bits per heavy atom. The van der Waals surface area contributed by atoms with Crippen LogP contribution in [-0.4, -0.2) is 36.6 Å². The zero-order chi connectivity index (χ0) is 11.8. The van der Waals surface area contributed by atoms with Gasteiger partial charge in [-0.05, 0) is 19.8 Å². The third kappa shape index (κ3) is 5.11. The second-order valence-electron chi connectivity index (χ2n) is 3.89. The molecule has 0 bridgehead atoms. The second kappa shape index (κ2) is 7.22. The van der Waals surface area contributed by atoms with Gasteiger partial charge in [-0.25, -0.2) is 5.01 Å². The van der Waals surface area contributed by atoms with E-state index >= 15 is 0 Å². The van der Waals surface area contributed by atoms with E-state index in [4.69, 9.17) is 4.74 Å². The summed E-state index contributed by atoms with van der Waals surface area (Å²) in [6.07, 6.45) is 3.84. The van der Waals surface area contributed by atoms with E-state index < -0.39 is 0 Å². The van der Waals surface area contributed by atoms with Crippen LogP contribution < -0.4 is 5.43 Å². The molecule has 1 fully saturated rings. The lowest BCUT2D eigenvalue weighted by atomic mass is 10.2. The maximum absolute atomic E-state index is 11.5. The Kier molecular flexibility index (Phi) is 5.85. The van der Waals surface area contributed by atoms with Crippen LogP contribution in [0.3, 0.4) is 0 Å². The maximum Gasteiger partial charge on any atom is 0.306 e. The Morgan fingerprint density at radius 1 is 1.19 bits per heavy atom. The Hall–Kier alpha value is -1.10. The van der Waals surface area contributed by atoms with Crippen molar-refractivity contribution in [1.29, 1.82) is 0 Å². The van der Waals surface area contributed by atoms with E-state index in [1.54, 1.807) is 6.92 Å². The molecule has 5 heteroatoms. The van der Waals surface area contributed by atoms with Gasteiger partial charge in [-0.1, -0.05) is 6.42 Å². The van der Waals surface area contributed by atoms with Crippen molar-refractivity contribution >= 4 is 11.9 Å². The van der Waals surface area contributed by atoms with Crippen molar-refractivity contribution in [1.82, 2.24) is 10.4 Å². The number of piperidine rings is 1. The van der Waals surface area contributed by atoms with Crippen LogP contribution in [0.25, 0.3) is 0 Å². The number of esters is 1. The molecule has 1 rings (SSSR count). The van der Waals surface area contributed by atoms with Crippen LogP contribution in [-0.2, 0) is 14.3 Å². The first-order chi connectivity index (χ1) is 7.72. The summed E-state index contributed by atoms with van der Waals surface area (Å²) < 4.78 is 4.75. The van der Waals surface area contributed by atoms with E-state index in [0.717, 1.165) is 25.9 Å². The summed E-state index contributed by atoms with van der Waals surface area (Å²) in [6.45, 7) is 3.94. The van der Waals surface area contributed by atoms with E-state index in [-0.39, 0.29) is 24.7 Å². The zero-order valence-corrected chi connectivity index (χ0v) is 9.83. The summed E-state index contributed by atoms with van der Waals surface area (Å²) in [7, 11) is 0. The van der Waals surface area contributed by atoms with Crippen molar-refractivity contribution in [3.63, 3.8) is 0 Å². The summed E-state index contributed by atoms with van der Waals surface area (Å²) in [5, 5.41) is 1.93. The Morgan fingerprint density at radius 3 is 2.50 bits per heavy atom. The molecule has 0 aliphatic carbocycles. The van der Waals surface area contributed by atoms with Crippen LogP contribution in [0, 0.1) is 0 Å². The maximum atomic E-state index is 11.5. The van der Waals surface area contributed by atoms with Gasteiger partial charge in [0.25, 0.3) is 0 Å². The van der Waals surface area contributed by atoms with Crippen LogP contribution in [0.2, 0.25) is 0 Å². The molecule has 0 aromatic carbocycles. The van der Waals surface area contributed by atoms with Gasteiger partial charge >= 0.3 is 5.97 Å². The molecular weight excluding hydrogens is 208 g/mol. The number of hydrazine groups is 1. The molecule has 0 saturated carbocycles. The molecule has 1 aliphatic heterocycles. The van der Waals surface area contributed by atoms with Gasteiger partial charge in [0.1, 0.15) is 0 Å². The lowest BCUT2D eigenvalue weighted by molar-refractivity contribution is -0.145. The van der Waals surface area contributed by atoms with Crippen molar-refractivity contribution in [2.75, 3.05) is 19.7 Å². The normalized spacial score (nSPS) is 16.8. The number of rotatable bonds is 5. The summed E-state index contributed by atoms with van der Waals surface area (Å²) in [6, 6.07) is 0. The van der Waals surface area contributed by atoms with Crippen molar-refractivity contribution in [2.24, 2.45) is 0 Å². The Labute approximate surface area is 96.1 Å². The van der Waals surface area contributed by atoms with Crippen molar-refractivity contribution < 1.29 is 14.3 Å². The first-order valence-electron chi connectivity index (χ1n) is 5.92. The molecule has 1 saturated heterocycles. The summed E-state index contributed by atoms with van der Waals surface area (Å²) in [5.41, 5.74) is 2.80. The quantitative estimate of drug-likeness (QED) is 0.709. The number of nitrogens with one attached hydrogen (secondary N) is 1. The van der Waals surface area contributed by atoms with E-state index in [1.165, 1.54) is 6.42 Å². The van der Waals surface area contributed by atoms with Gasteiger partial charge in [0.15, 0.2) is 0 Å². The van der Waals surface area contributed by atoms with Gasteiger partial charge < -0.3 is 4.74 Å². The minimum Gasteiger partial charge on any atom is -0.466 e. The SMILES string of the molecule is CCOC(=O)CCC(=O)NN1CCCCC1. The molecule has 1 aliphatic rings. The predicted octanol–water partition coefficient (Wildman–Crippen LogP) is 0.847. The molecule has 0 atom stereocenters. The third-order valence-electron chi connectivity index (χ3n) is 2.50. The Balaban J connectivity index is 2.12. The van der Waals surface area contributed by atoms with Crippen molar-refractivity contribution in [2.45, 2.75) is 39.0 Å². The summed E-state index contributed by atoms with van der Waals surface area (Å²) in [4.78, 5) is 22.5. The number of hydrogen-bond donors (Lipinski definition) is 1. The molecule has 92 valence electrons. The summed E-state index contributed by atoms with van der Waals surface area (Å²) >= 11 is 0. The summed E-state index contributed by atoms with van der Waals surface area (Å²) in [5.74, 6) is -0.411. The van der Waals surface area contributed by atoms with Crippen LogP contribution in [0.1, 0.15) is 39.0 Å². The fourth-order valence-corrected chi connectivity index (χ4v) is 1.69. The molecule has 0 radical (unpaired) electrons. The average molecular weight is 228 g/mol. The lowest BCUT2D eigenvalue weighted by Crippen LogP contribution is -2.45. The highest BCUT2D eigenvalue weighted by molar-refractivity contribution is 5.80. The van der Waals surface area contributed by atoms with Gasteiger partial charge in [0, 0.05) is 19.5 Å². The largest absolute Gasteiger partial charge is 0.466 e. The molecule has 0 unspecified atom stereocenters. The molecule has 1 N–H and O–H groups in total. The molecule has 0 aromatic rings. The lowest BCUT2D eigenvalue weighted by Gasteiger charge is -2.26. The van der Waals surface area contributed by atoms with E-state index in [9.17, 15) is 9.59 Å². The average Bonchev–Trinajstić information content (AvgIpc) is 2.28. The third-order valence-corrected chi connectivity index (χ3v) is 2.50. The predicted molar refractivity (Wildman–Crippen MR) is 59.4 cm³/mol. The molecule has 5 nitrogen and oxygen atoms in total. The monoisotopic (exact) mass is 228 g/mol. The van der Waals surface area contributed by atoms with Crippen molar-refractivity contribution in [3.05, 3.63) is 0 Å². The number of carbonyl (C=O) groups is 2. The van der Waals surface area contributed by atoms with Crippen molar-refractivity contribution in [3.8, 4) is 0 Å². The fourth-order valence-electron chi connectivity index (χ4n) is 1.69. The molecule has 0 aromatic heterocycles.